The summed E-state index contributed by atoms with van der Waals surface area (Å²) in [5, 5.41) is 11.8. The molecule has 8 heteroatoms. The molecule has 21 heavy (non-hydrogen) atoms. The standard InChI is InChI=1S/C13H18N2O6/c1-7(16)10(14-12(20)21-13(2,3)4)11(19)15-8(17)5-6-9(15)18/h5-7,10,16H,1-4H3,(H,14,20)/t7-,10+/m1/s1. The lowest BCUT2D eigenvalue weighted by Crippen LogP contribution is -2.55. The van der Waals surface area contributed by atoms with Crippen LogP contribution in [0.5, 0.6) is 0 Å². The zero-order valence-electron chi connectivity index (χ0n) is 12.2. The van der Waals surface area contributed by atoms with Crippen molar-refractivity contribution < 1.29 is 29.0 Å². The molecule has 2 atom stereocenters. The maximum Gasteiger partial charge on any atom is 0.408 e. The molecule has 1 rings (SSSR count). The lowest BCUT2D eigenvalue weighted by molar-refractivity contribution is -0.150. The number of carbonyl (C=O) groups is 4. The first-order chi connectivity index (χ1) is 9.53. The first-order valence-corrected chi connectivity index (χ1v) is 6.30. The zero-order chi connectivity index (χ0) is 16.4. The van der Waals surface area contributed by atoms with Crippen LogP contribution in [0.25, 0.3) is 0 Å². The molecule has 116 valence electrons. The maximum atomic E-state index is 12.1. The van der Waals surface area contributed by atoms with Crippen molar-refractivity contribution in [3.63, 3.8) is 0 Å². The molecule has 0 bridgehead atoms. The van der Waals surface area contributed by atoms with E-state index in [1.54, 1.807) is 20.8 Å². The van der Waals surface area contributed by atoms with Crippen molar-refractivity contribution in [3.8, 4) is 0 Å². The van der Waals surface area contributed by atoms with Gasteiger partial charge in [0.25, 0.3) is 17.7 Å². The van der Waals surface area contributed by atoms with Crippen molar-refractivity contribution in [3.05, 3.63) is 12.2 Å². The second-order valence-corrected chi connectivity index (χ2v) is 5.55. The number of nitrogens with zero attached hydrogens (tertiary/aromatic N) is 1. The second-order valence-electron chi connectivity index (χ2n) is 5.55. The van der Waals surface area contributed by atoms with E-state index in [4.69, 9.17) is 4.74 Å². The van der Waals surface area contributed by atoms with Gasteiger partial charge in [-0.3, -0.25) is 14.4 Å². The van der Waals surface area contributed by atoms with E-state index in [2.05, 4.69) is 5.32 Å². The molecular formula is C13H18N2O6. The number of ether oxygens (including phenoxy) is 1. The third-order valence-corrected chi connectivity index (χ3v) is 2.45. The second kappa shape index (κ2) is 6.04. The van der Waals surface area contributed by atoms with E-state index in [1.165, 1.54) is 6.92 Å². The quantitative estimate of drug-likeness (QED) is 0.692. The van der Waals surface area contributed by atoms with E-state index in [-0.39, 0.29) is 0 Å². The Kier molecular flexibility index (Phi) is 4.84. The van der Waals surface area contributed by atoms with Gasteiger partial charge in [-0.25, -0.2) is 9.69 Å². The van der Waals surface area contributed by atoms with Crippen LogP contribution in [-0.4, -0.2) is 51.6 Å². The van der Waals surface area contributed by atoms with Gasteiger partial charge in [0.2, 0.25) is 0 Å². The van der Waals surface area contributed by atoms with Crippen LogP contribution < -0.4 is 5.32 Å². The molecule has 0 spiro atoms. The molecule has 0 saturated heterocycles. The van der Waals surface area contributed by atoms with Crippen LogP contribution in [0.2, 0.25) is 0 Å². The Labute approximate surface area is 121 Å². The number of carbonyl (C=O) groups excluding carboxylic acids is 4. The van der Waals surface area contributed by atoms with Crippen LogP contribution in [0.3, 0.4) is 0 Å². The maximum absolute atomic E-state index is 12.1. The number of hydrogen-bond donors (Lipinski definition) is 2. The minimum atomic E-state index is -1.47. The van der Waals surface area contributed by atoms with Gasteiger partial charge in [0.15, 0.2) is 0 Å². The Balaban J connectivity index is 2.83. The Morgan fingerprint density at radius 3 is 2.10 bits per heavy atom. The van der Waals surface area contributed by atoms with Gasteiger partial charge in [-0.2, -0.15) is 0 Å². The van der Waals surface area contributed by atoms with Gasteiger partial charge in [-0.15, -0.1) is 0 Å². The van der Waals surface area contributed by atoms with Crippen LogP contribution in [0.4, 0.5) is 4.79 Å². The molecule has 0 aliphatic carbocycles. The Hall–Kier alpha value is -2.22. The van der Waals surface area contributed by atoms with E-state index in [9.17, 15) is 24.3 Å². The summed E-state index contributed by atoms with van der Waals surface area (Å²) in [7, 11) is 0. The summed E-state index contributed by atoms with van der Waals surface area (Å²) >= 11 is 0. The number of amides is 4. The molecule has 2 N–H and O–H groups in total. The van der Waals surface area contributed by atoms with E-state index in [1.807, 2.05) is 0 Å². The number of nitrogens with one attached hydrogen (secondary N) is 1. The average molecular weight is 298 g/mol. The number of aliphatic hydroxyl groups excluding tert-OH is 1. The molecule has 8 nitrogen and oxygen atoms in total. The SMILES string of the molecule is C[C@@H](O)[C@H](NC(=O)OC(C)(C)C)C(=O)N1C(=O)C=CC1=O. The molecule has 0 radical (unpaired) electrons. The highest BCUT2D eigenvalue weighted by Gasteiger charge is 2.38. The van der Waals surface area contributed by atoms with Crippen molar-refractivity contribution >= 4 is 23.8 Å². The first-order valence-electron chi connectivity index (χ1n) is 6.30. The van der Waals surface area contributed by atoms with Crippen LogP contribution in [0, 0.1) is 0 Å². The summed E-state index contributed by atoms with van der Waals surface area (Å²) in [6, 6.07) is -1.47. The van der Waals surface area contributed by atoms with Gasteiger partial charge in [0.1, 0.15) is 11.6 Å². The van der Waals surface area contributed by atoms with Crippen LogP contribution in [-0.2, 0) is 19.1 Å². The van der Waals surface area contributed by atoms with Crippen molar-refractivity contribution in [2.24, 2.45) is 0 Å². The Bertz CT molecular complexity index is 485. The van der Waals surface area contributed by atoms with Gasteiger partial charge in [-0.1, -0.05) is 0 Å². The largest absolute Gasteiger partial charge is 0.444 e. The highest BCUT2D eigenvalue weighted by atomic mass is 16.6. The lowest BCUT2D eigenvalue weighted by atomic mass is 10.1. The fourth-order valence-corrected chi connectivity index (χ4v) is 1.58. The minimum Gasteiger partial charge on any atom is -0.444 e. The van der Waals surface area contributed by atoms with Crippen molar-refractivity contribution in [2.45, 2.75) is 45.4 Å². The summed E-state index contributed by atoms with van der Waals surface area (Å²) in [4.78, 5) is 47.0. The van der Waals surface area contributed by atoms with E-state index in [0.717, 1.165) is 12.2 Å². The Morgan fingerprint density at radius 2 is 1.71 bits per heavy atom. The van der Waals surface area contributed by atoms with Crippen LogP contribution in [0.1, 0.15) is 27.7 Å². The smallest absolute Gasteiger partial charge is 0.408 e. The number of alkyl carbamates (subject to hydrolysis) is 1. The molecule has 0 saturated carbocycles. The molecule has 1 aliphatic rings. The molecule has 0 aromatic rings. The summed E-state index contributed by atoms with van der Waals surface area (Å²) in [6.07, 6.45) is -0.375. The van der Waals surface area contributed by atoms with Gasteiger partial charge in [0, 0.05) is 12.2 Å². The number of rotatable bonds is 3. The van der Waals surface area contributed by atoms with Gasteiger partial charge in [0.05, 0.1) is 6.10 Å². The normalized spacial score (nSPS) is 17.7. The third kappa shape index (κ3) is 4.38. The first kappa shape index (κ1) is 16.8. The molecule has 0 unspecified atom stereocenters. The molecule has 4 amide bonds. The minimum absolute atomic E-state index is 0.356. The van der Waals surface area contributed by atoms with Gasteiger partial charge < -0.3 is 15.2 Å². The predicted octanol–water partition coefficient (Wildman–Crippen LogP) is -0.288. The predicted molar refractivity (Wildman–Crippen MR) is 70.8 cm³/mol. The summed E-state index contributed by atoms with van der Waals surface area (Å²) in [5.74, 6) is -2.65. The van der Waals surface area contributed by atoms with Gasteiger partial charge >= 0.3 is 6.09 Å². The van der Waals surface area contributed by atoms with E-state index in [0.29, 0.717) is 4.90 Å². The summed E-state index contributed by atoms with van der Waals surface area (Å²) < 4.78 is 4.97. The van der Waals surface area contributed by atoms with Crippen molar-refractivity contribution in [1.82, 2.24) is 10.2 Å². The highest BCUT2D eigenvalue weighted by Crippen LogP contribution is 2.11. The monoisotopic (exact) mass is 298 g/mol. The van der Waals surface area contributed by atoms with Gasteiger partial charge in [-0.05, 0) is 27.7 Å². The molecule has 1 aliphatic heterocycles. The van der Waals surface area contributed by atoms with E-state index >= 15 is 0 Å². The highest BCUT2D eigenvalue weighted by molar-refractivity contribution is 6.23. The Morgan fingerprint density at radius 1 is 1.24 bits per heavy atom. The zero-order valence-corrected chi connectivity index (χ0v) is 12.2. The number of hydrogen-bond acceptors (Lipinski definition) is 6. The topological polar surface area (TPSA) is 113 Å². The fourth-order valence-electron chi connectivity index (χ4n) is 1.58. The summed E-state index contributed by atoms with van der Waals surface area (Å²) in [5.41, 5.74) is -0.794. The van der Waals surface area contributed by atoms with Crippen LogP contribution in [0.15, 0.2) is 12.2 Å². The summed E-state index contributed by atoms with van der Waals surface area (Å²) in [6.45, 7) is 6.13. The lowest BCUT2D eigenvalue weighted by Gasteiger charge is -2.26. The molecular weight excluding hydrogens is 280 g/mol. The van der Waals surface area contributed by atoms with Crippen LogP contribution >= 0.6 is 0 Å². The molecule has 0 fully saturated rings. The average Bonchev–Trinajstić information content (AvgIpc) is 2.62. The number of aliphatic hydroxyl groups is 1. The molecule has 1 heterocycles. The van der Waals surface area contributed by atoms with E-state index < -0.39 is 41.6 Å². The van der Waals surface area contributed by atoms with Crippen molar-refractivity contribution in [2.75, 3.05) is 0 Å². The molecule has 0 aromatic carbocycles. The fraction of sp³-hybridized carbons (Fsp3) is 0.538. The molecule has 0 aromatic heterocycles. The number of imide groups is 3. The van der Waals surface area contributed by atoms with Crippen molar-refractivity contribution in [1.29, 1.82) is 0 Å². The third-order valence-electron chi connectivity index (χ3n) is 2.45.